The maximum Gasteiger partial charge on any atom is 0.573 e. The summed E-state index contributed by atoms with van der Waals surface area (Å²) in [6.07, 6.45) is -2.41. The molecule has 2 rings (SSSR count). The van der Waals surface area contributed by atoms with E-state index < -0.39 is 6.36 Å². The van der Waals surface area contributed by atoms with E-state index in [1.54, 1.807) is 12.1 Å². The molecule has 28 heavy (non-hydrogen) atoms. The van der Waals surface area contributed by atoms with Crippen LogP contribution in [0, 0.1) is 5.92 Å². The van der Waals surface area contributed by atoms with Crippen LogP contribution in [0.5, 0.6) is 5.75 Å². The number of rotatable bonds is 8. The SMILES string of the molecule is CCCN1CCC(CNC(=NCc2ccccc2OC(F)(F)F)NCC)C1.I. The van der Waals surface area contributed by atoms with Crippen LogP contribution in [0.25, 0.3) is 0 Å². The van der Waals surface area contributed by atoms with Gasteiger partial charge in [0.1, 0.15) is 5.75 Å². The highest BCUT2D eigenvalue weighted by Gasteiger charge is 2.32. The smallest absolute Gasteiger partial charge is 0.405 e. The van der Waals surface area contributed by atoms with E-state index in [-0.39, 0.29) is 36.3 Å². The molecule has 1 unspecified atom stereocenters. The number of hydrogen-bond donors (Lipinski definition) is 2. The number of aliphatic imine (C=N–C) groups is 1. The van der Waals surface area contributed by atoms with Gasteiger partial charge in [-0.1, -0.05) is 25.1 Å². The van der Waals surface area contributed by atoms with Crippen LogP contribution in [0.15, 0.2) is 29.3 Å². The van der Waals surface area contributed by atoms with Crippen LogP contribution in [-0.4, -0.2) is 49.9 Å². The van der Waals surface area contributed by atoms with E-state index in [0.29, 0.717) is 24.0 Å². The third kappa shape index (κ3) is 8.85. The molecule has 1 atom stereocenters. The van der Waals surface area contributed by atoms with Crippen LogP contribution in [0.4, 0.5) is 13.2 Å². The summed E-state index contributed by atoms with van der Waals surface area (Å²) in [5, 5.41) is 6.46. The Kier molecular flexibility index (Phi) is 10.9. The fourth-order valence-corrected chi connectivity index (χ4v) is 3.20. The summed E-state index contributed by atoms with van der Waals surface area (Å²) in [6.45, 7) is 9.04. The molecule has 1 fully saturated rings. The monoisotopic (exact) mass is 514 g/mol. The van der Waals surface area contributed by atoms with Crippen LogP contribution in [0.3, 0.4) is 0 Å². The molecule has 1 aliphatic heterocycles. The van der Waals surface area contributed by atoms with Gasteiger partial charge in [-0.2, -0.15) is 0 Å². The molecular formula is C19H30F3IN4O. The number of nitrogens with zero attached hydrogens (tertiary/aromatic N) is 2. The van der Waals surface area contributed by atoms with Gasteiger partial charge in [-0.25, -0.2) is 4.99 Å². The molecule has 0 radical (unpaired) electrons. The highest BCUT2D eigenvalue weighted by molar-refractivity contribution is 14.0. The van der Waals surface area contributed by atoms with Crippen LogP contribution in [0.2, 0.25) is 0 Å². The van der Waals surface area contributed by atoms with Crippen molar-refractivity contribution in [1.29, 1.82) is 0 Å². The average Bonchev–Trinajstić information content (AvgIpc) is 3.05. The van der Waals surface area contributed by atoms with Crippen LogP contribution in [0.1, 0.15) is 32.3 Å². The molecule has 9 heteroatoms. The van der Waals surface area contributed by atoms with Crippen molar-refractivity contribution in [3.05, 3.63) is 29.8 Å². The normalized spacial score (nSPS) is 17.9. The Bertz CT molecular complexity index is 613. The van der Waals surface area contributed by atoms with E-state index in [2.05, 4.69) is 32.2 Å². The molecule has 0 saturated carbocycles. The summed E-state index contributed by atoms with van der Waals surface area (Å²) in [4.78, 5) is 6.88. The van der Waals surface area contributed by atoms with Crippen LogP contribution in [-0.2, 0) is 6.54 Å². The van der Waals surface area contributed by atoms with E-state index in [9.17, 15) is 13.2 Å². The van der Waals surface area contributed by atoms with Crippen molar-refractivity contribution in [2.24, 2.45) is 10.9 Å². The van der Waals surface area contributed by atoms with E-state index in [1.165, 1.54) is 12.1 Å². The Hall–Kier alpha value is -1.23. The summed E-state index contributed by atoms with van der Waals surface area (Å²) in [5.74, 6) is 0.949. The number of likely N-dealkylation sites (tertiary alicyclic amines) is 1. The first kappa shape index (κ1) is 24.8. The molecule has 0 amide bonds. The Morgan fingerprint density at radius 2 is 2.00 bits per heavy atom. The molecule has 1 saturated heterocycles. The summed E-state index contributed by atoms with van der Waals surface area (Å²) in [6, 6.07) is 6.09. The Morgan fingerprint density at radius 3 is 2.68 bits per heavy atom. The van der Waals surface area contributed by atoms with Crippen molar-refractivity contribution in [2.75, 3.05) is 32.7 Å². The summed E-state index contributed by atoms with van der Waals surface area (Å²) in [5.41, 5.74) is 0.391. The van der Waals surface area contributed by atoms with Crippen LogP contribution >= 0.6 is 24.0 Å². The van der Waals surface area contributed by atoms with Gasteiger partial charge in [0.25, 0.3) is 0 Å². The van der Waals surface area contributed by atoms with Gasteiger partial charge in [-0.05, 0) is 44.8 Å². The second-order valence-corrected chi connectivity index (χ2v) is 6.69. The third-order valence-electron chi connectivity index (χ3n) is 4.42. The Balaban J connectivity index is 0.00000392. The van der Waals surface area contributed by atoms with Crippen molar-refractivity contribution >= 4 is 29.9 Å². The van der Waals surface area contributed by atoms with Gasteiger partial charge in [0.05, 0.1) is 6.54 Å². The summed E-state index contributed by atoms with van der Waals surface area (Å²) in [7, 11) is 0. The number of nitrogens with one attached hydrogen (secondary N) is 2. The Morgan fingerprint density at radius 1 is 1.25 bits per heavy atom. The van der Waals surface area contributed by atoms with Crippen molar-refractivity contribution in [1.82, 2.24) is 15.5 Å². The van der Waals surface area contributed by atoms with Gasteiger partial charge in [-0.15, -0.1) is 37.1 Å². The number of benzene rings is 1. The van der Waals surface area contributed by atoms with Crippen molar-refractivity contribution in [3.8, 4) is 5.75 Å². The highest BCUT2D eigenvalue weighted by atomic mass is 127. The second-order valence-electron chi connectivity index (χ2n) is 6.69. The molecule has 2 N–H and O–H groups in total. The fourth-order valence-electron chi connectivity index (χ4n) is 3.20. The number of hydrogen-bond acceptors (Lipinski definition) is 3. The lowest BCUT2D eigenvalue weighted by molar-refractivity contribution is -0.274. The molecular weight excluding hydrogens is 484 g/mol. The molecule has 1 aromatic carbocycles. The zero-order valence-electron chi connectivity index (χ0n) is 16.4. The lowest BCUT2D eigenvalue weighted by Gasteiger charge is -2.17. The predicted octanol–water partition coefficient (Wildman–Crippen LogP) is 3.99. The first-order chi connectivity index (χ1) is 12.9. The number of alkyl halides is 3. The zero-order chi connectivity index (χ0) is 19.7. The van der Waals surface area contributed by atoms with Crippen molar-refractivity contribution in [3.63, 3.8) is 0 Å². The molecule has 5 nitrogen and oxygen atoms in total. The molecule has 1 aliphatic rings. The average molecular weight is 514 g/mol. The third-order valence-corrected chi connectivity index (χ3v) is 4.42. The molecule has 0 aliphatic carbocycles. The van der Waals surface area contributed by atoms with Crippen LogP contribution < -0.4 is 15.4 Å². The minimum Gasteiger partial charge on any atom is -0.405 e. The van der Waals surface area contributed by atoms with Gasteiger partial charge in [-0.3, -0.25) is 0 Å². The van der Waals surface area contributed by atoms with Gasteiger partial charge in [0, 0.05) is 25.2 Å². The lowest BCUT2D eigenvalue weighted by atomic mass is 10.1. The molecule has 0 aromatic heterocycles. The Labute approximate surface area is 182 Å². The molecule has 0 bridgehead atoms. The van der Waals surface area contributed by atoms with E-state index in [4.69, 9.17) is 0 Å². The van der Waals surface area contributed by atoms with Gasteiger partial charge in [0.15, 0.2) is 5.96 Å². The maximum atomic E-state index is 12.5. The quantitative estimate of drug-likeness (QED) is 0.313. The fraction of sp³-hybridized carbons (Fsp3) is 0.632. The second kappa shape index (κ2) is 12.4. The van der Waals surface area contributed by atoms with E-state index >= 15 is 0 Å². The molecule has 1 aromatic rings. The summed E-state index contributed by atoms with van der Waals surface area (Å²) < 4.78 is 41.7. The first-order valence-electron chi connectivity index (χ1n) is 9.49. The predicted molar refractivity (Wildman–Crippen MR) is 116 cm³/mol. The van der Waals surface area contributed by atoms with Crippen molar-refractivity contribution in [2.45, 2.75) is 39.6 Å². The molecule has 0 spiro atoms. The standard InChI is InChI=1S/C19H29F3N4O.HI/c1-3-10-26-11-9-15(14-26)12-24-18(23-4-2)25-13-16-7-5-6-8-17(16)27-19(20,21)22;/h5-8,15H,3-4,9-14H2,1-2H3,(H2,23,24,25);1H. The van der Waals surface area contributed by atoms with Crippen molar-refractivity contribution < 1.29 is 17.9 Å². The summed E-state index contributed by atoms with van der Waals surface area (Å²) >= 11 is 0. The number of ether oxygens (including phenoxy) is 1. The number of halogens is 4. The topological polar surface area (TPSA) is 48.9 Å². The van der Waals surface area contributed by atoms with E-state index in [0.717, 1.165) is 39.0 Å². The number of guanidine groups is 1. The number of para-hydroxylation sites is 1. The minimum atomic E-state index is -4.71. The van der Waals surface area contributed by atoms with Gasteiger partial charge in [0.2, 0.25) is 0 Å². The lowest BCUT2D eigenvalue weighted by Crippen LogP contribution is -2.40. The maximum absolute atomic E-state index is 12.5. The molecule has 1 heterocycles. The zero-order valence-corrected chi connectivity index (χ0v) is 18.7. The first-order valence-corrected chi connectivity index (χ1v) is 9.49. The largest absolute Gasteiger partial charge is 0.573 e. The minimum absolute atomic E-state index is 0. The van der Waals surface area contributed by atoms with Gasteiger partial charge < -0.3 is 20.3 Å². The molecule has 160 valence electrons. The highest BCUT2D eigenvalue weighted by Crippen LogP contribution is 2.26. The van der Waals surface area contributed by atoms with Gasteiger partial charge >= 0.3 is 6.36 Å². The van der Waals surface area contributed by atoms with E-state index in [1.807, 2.05) is 6.92 Å².